The fourth-order valence-electron chi connectivity index (χ4n) is 2.88. The summed E-state index contributed by atoms with van der Waals surface area (Å²) in [6.07, 6.45) is -4.51. The largest absolute Gasteiger partial charge is 0.416 e. The number of carbonyl (C=O) groups excluding carboxylic acids is 1. The highest BCUT2D eigenvalue weighted by molar-refractivity contribution is 5.94. The van der Waals surface area contributed by atoms with E-state index in [9.17, 15) is 27.6 Å². The van der Waals surface area contributed by atoms with Crippen molar-refractivity contribution in [3.8, 4) is 0 Å². The summed E-state index contributed by atoms with van der Waals surface area (Å²) in [5, 5.41) is 0. The highest BCUT2D eigenvalue weighted by Crippen LogP contribution is 2.29. The van der Waals surface area contributed by atoms with Crippen molar-refractivity contribution in [1.29, 1.82) is 0 Å². The van der Waals surface area contributed by atoms with Crippen molar-refractivity contribution < 1.29 is 18.0 Å². The number of benzene rings is 1. The third-order valence-electron chi connectivity index (χ3n) is 4.47. The number of piperazine rings is 1. The van der Waals surface area contributed by atoms with Crippen LogP contribution in [0.3, 0.4) is 0 Å². The molecule has 0 radical (unpaired) electrons. The highest BCUT2D eigenvalue weighted by atomic mass is 19.4. The monoisotopic (exact) mass is 382 g/mol. The lowest BCUT2D eigenvalue weighted by Crippen LogP contribution is -2.50. The molecule has 10 heteroatoms. The van der Waals surface area contributed by atoms with E-state index in [1.165, 1.54) is 30.1 Å². The maximum absolute atomic E-state index is 12.8. The smallest absolute Gasteiger partial charge is 0.354 e. The van der Waals surface area contributed by atoms with E-state index in [0.29, 0.717) is 18.9 Å². The third kappa shape index (κ3) is 3.88. The molecule has 0 bridgehead atoms. The number of H-pyrrole nitrogens is 1. The number of rotatable bonds is 2. The van der Waals surface area contributed by atoms with E-state index in [-0.39, 0.29) is 18.7 Å². The molecule has 1 N–H and O–H groups in total. The Bertz CT molecular complexity index is 941. The summed E-state index contributed by atoms with van der Waals surface area (Å²) >= 11 is 0. The van der Waals surface area contributed by atoms with E-state index in [0.717, 1.165) is 16.7 Å². The Morgan fingerprint density at radius 1 is 1.07 bits per heavy atom. The second-order valence-electron chi connectivity index (χ2n) is 6.21. The normalized spacial score (nSPS) is 15.1. The first-order valence-electron chi connectivity index (χ1n) is 8.18. The van der Waals surface area contributed by atoms with Crippen molar-refractivity contribution in [2.24, 2.45) is 7.05 Å². The zero-order valence-corrected chi connectivity index (χ0v) is 14.4. The maximum Gasteiger partial charge on any atom is 0.416 e. The zero-order chi connectivity index (χ0) is 19.8. The number of hydrogen-bond acceptors (Lipinski definition) is 4. The number of alkyl halides is 3. The van der Waals surface area contributed by atoms with E-state index in [4.69, 9.17) is 0 Å². The molecule has 1 fully saturated rings. The average Bonchev–Trinajstić information content (AvgIpc) is 2.64. The van der Waals surface area contributed by atoms with Crippen molar-refractivity contribution in [3.05, 3.63) is 62.3 Å². The van der Waals surface area contributed by atoms with Crippen LogP contribution in [0.15, 0.2) is 39.9 Å². The fourth-order valence-corrected chi connectivity index (χ4v) is 2.88. The van der Waals surface area contributed by atoms with Crippen LogP contribution in [-0.2, 0) is 13.2 Å². The molecular weight excluding hydrogens is 365 g/mol. The number of anilines is 1. The second kappa shape index (κ2) is 6.93. The summed E-state index contributed by atoms with van der Waals surface area (Å²) < 4.78 is 39.4. The van der Waals surface area contributed by atoms with Gasteiger partial charge >= 0.3 is 11.9 Å². The van der Waals surface area contributed by atoms with Gasteiger partial charge in [0.2, 0.25) is 0 Å². The lowest BCUT2D eigenvalue weighted by molar-refractivity contribution is -0.137. The lowest BCUT2D eigenvalue weighted by atomic mass is 10.1. The van der Waals surface area contributed by atoms with Gasteiger partial charge in [0.05, 0.1) is 5.56 Å². The Kier molecular flexibility index (Phi) is 4.81. The van der Waals surface area contributed by atoms with Crippen molar-refractivity contribution in [2.75, 3.05) is 31.1 Å². The van der Waals surface area contributed by atoms with E-state index < -0.39 is 28.9 Å². The van der Waals surface area contributed by atoms with Crippen LogP contribution in [0.1, 0.15) is 15.9 Å². The molecule has 1 aromatic carbocycles. The minimum Gasteiger partial charge on any atom is -0.354 e. The van der Waals surface area contributed by atoms with E-state index >= 15 is 0 Å². The van der Waals surface area contributed by atoms with Gasteiger partial charge in [0.15, 0.2) is 0 Å². The average molecular weight is 382 g/mol. The molecule has 1 aliphatic rings. The van der Waals surface area contributed by atoms with E-state index in [1.807, 2.05) is 0 Å². The highest BCUT2D eigenvalue weighted by Gasteiger charge is 2.31. The minimum atomic E-state index is -4.51. The first-order valence-corrected chi connectivity index (χ1v) is 8.18. The molecule has 2 heterocycles. The molecule has 144 valence electrons. The van der Waals surface area contributed by atoms with Crippen molar-refractivity contribution in [2.45, 2.75) is 6.18 Å². The Hall–Kier alpha value is -3.04. The van der Waals surface area contributed by atoms with Gasteiger partial charge in [-0.25, -0.2) is 4.79 Å². The number of amides is 1. The van der Waals surface area contributed by atoms with Crippen molar-refractivity contribution in [3.63, 3.8) is 0 Å². The summed E-state index contributed by atoms with van der Waals surface area (Å²) in [4.78, 5) is 41.7. The Balaban J connectivity index is 1.72. The SMILES string of the molecule is Cn1c(=O)cc(N2CCN(C(=O)c3cccc(C(F)(F)F)c3)CC2)[nH]c1=O. The first kappa shape index (κ1) is 18.7. The molecule has 27 heavy (non-hydrogen) atoms. The van der Waals surface area contributed by atoms with Crippen molar-refractivity contribution in [1.82, 2.24) is 14.5 Å². The minimum absolute atomic E-state index is 0.0275. The van der Waals surface area contributed by atoms with Crippen LogP contribution in [0.4, 0.5) is 19.0 Å². The lowest BCUT2D eigenvalue weighted by Gasteiger charge is -2.35. The van der Waals surface area contributed by atoms with Gasteiger partial charge in [0.1, 0.15) is 5.82 Å². The van der Waals surface area contributed by atoms with Crippen LogP contribution in [0.25, 0.3) is 0 Å². The van der Waals surface area contributed by atoms with Crippen LogP contribution in [0.2, 0.25) is 0 Å². The number of aromatic amines is 1. The molecular formula is C17H17F3N4O3. The van der Waals surface area contributed by atoms with E-state index in [2.05, 4.69) is 4.98 Å². The summed E-state index contributed by atoms with van der Waals surface area (Å²) in [7, 11) is 1.36. The number of hydrogen-bond donors (Lipinski definition) is 1. The van der Waals surface area contributed by atoms with Crippen molar-refractivity contribution >= 4 is 11.7 Å². The summed E-state index contributed by atoms with van der Waals surface area (Å²) in [6.45, 7) is 1.19. The third-order valence-corrected chi connectivity index (χ3v) is 4.47. The van der Waals surface area contributed by atoms with Gasteiger partial charge in [-0.2, -0.15) is 13.2 Å². The molecule has 3 rings (SSSR count). The molecule has 0 spiro atoms. The number of nitrogens with zero attached hydrogens (tertiary/aromatic N) is 3. The Morgan fingerprint density at radius 3 is 2.33 bits per heavy atom. The van der Waals surface area contributed by atoms with Crippen LogP contribution in [0, 0.1) is 0 Å². The molecule has 0 unspecified atom stereocenters. The van der Waals surface area contributed by atoms with Gasteiger partial charge in [-0.15, -0.1) is 0 Å². The van der Waals surface area contributed by atoms with Crippen LogP contribution >= 0.6 is 0 Å². The van der Waals surface area contributed by atoms with Crippen LogP contribution < -0.4 is 16.1 Å². The fraction of sp³-hybridized carbons (Fsp3) is 0.353. The zero-order valence-electron chi connectivity index (χ0n) is 14.4. The van der Waals surface area contributed by atoms with Gasteiger partial charge in [-0.1, -0.05) is 6.07 Å². The molecule has 0 atom stereocenters. The Labute approximate surface area is 151 Å². The van der Waals surface area contributed by atoms with Gasteiger partial charge in [-0.3, -0.25) is 19.1 Å². The second-order valence-corrected chi connectivity index (χ2v) is 6.21. The predicted molar refractivity (Wildman–Crippen MR) is 91.9 cm³/mol. The first-order chi connectivity index (χ1) is 12.7. The molecule has 7 nitrogen and oxygen atoms in total. The van der Waals surface area contributed by atoms with Gasteiger partial charge in [-0.05, 0) is 18.2 Å². The number of carbonyl (C=O) groups is 1. The summed E-state index contributed by atoms with van der Waals surface area (Å²) in [5.74, 6) is -0.132. The maximum atomic E-state index is 12.8. The number of nitrogens with one attached hydrogen (secondary N) is 1. The molecule has 1 saturated heterocycles. The van der Waals surface area contributed by atoms with Gasteiger partial charge < -0.3 is 9.80 Å². The predicted octanol–water partition coefficient (Wildman–Crippen LogP) is 1.05. The number of aromatic nitrogens is 2. The van der Waals surface area contributed by atoms with E-state index in [1.54, 1.807) is 4.90 Å². The molecule has 0 aliphatic carbocycles. The molecule has 0 saturated carbocycles. The molecule has 2 aromatic rings. The van der Waals surface area contributed by atoms with Crippen LogP contribution in [-0.4, -0.2) is 46.5 Å². The number of halogens is 3. The summed E-state index contributed by atoms with van der Waals surface area (Å²) in [5.41, 5.74) is -1.89. The molecule has 1 amide bonds. The summed E-state index contributed by atoms with van der Waals surface area (Å²) in [6, 6.07) is 5.61. The van der Waals surface area contributed by atoms with Gasteiger partial charge in [0, 0.05) is 44.9 Å². The quantitative estimate of drug-likeness (QED) is 0.843. The standard InChI is InChI=1S/C17H17F3N4O3/c1-22-14(25)10-13(21-16(22)27)23-5-7-24(8-6-23)15(26)11-3-2-4-12(9-11)17(18,19)20/h2-4,9-10H,5-8H2,1H3,(H,21,27). The van der Waals surface area contributed by atoms with Gasteiger partial charge in [0.25, 0.3) is 11.5 Å². The van der Waals surface area contributed by atoms with Crippen LogP contribution in [0.5, 0.6) is 0 Å². The molecule has 1 aliphatic heterocycles. The Morgan fingerprint density at radius 2 is 1.74 bits per heavy atom. The molecule has 1 aromatic heterocycles. The topological polar surface area (TPSA) is 78.4 Å².